The summed E-state index contributed by atoms with van der Waals surface area (Å²) in [5, 5.41) is 2.84. The van der Waals surface area contributed by atoms with Crippen LogP contribution in [0.2, 0.25) is 0 Å². The second kappa shape index (κ2) is 6.56. The fourth-order valence-corrected chi connectivity index (χ4v) is 1.75. The quantitative estimate of drug-likeness (QED) is 0.806. The Bertz CT molecular complexity index is 402. The standard InChI is InChI=1S/C12H17IN2O.ClH/c1-8-9(5-4-6-10(8)13)11(16)15-7-12(2,3)14;/h4-6H,7,14H2,1-3H3,(H,15,16);1H. The molecule has 17 heavy (non-hydrogen) atoms. The first kappa shape index (κ1) is 16.7. The van der Waals surface area contributed by atoms with Gasteiger partial charge in [-0.15, -0.1) is 12.4 Å². The second-order valence-electron chi connectivity index (χ2n) is 4.58. The molecule has 0 aliphatic carbocycles. The van der Waals surface area contributed by atoms with Crippen molar-refractivity contribution >= 4 is 40.9 Å². The van der Waals surface area contributed by atoms with E-state index >= 15 is 0 Å². The molecule has 96 valence electrons. The SMILES string of the molecule is Cc1c(I)cccc1C(=O)NCC(C)(C)N.Cl. The number of carbonyl (C=O) groups is 1. The lowest BCUT2D eigenvalue weighted by Gasteiger charge is -2.19. The van der Waals surface area contributed by atoms with Crippen molar-refractivity contribution in [2.45, 2.75) is 26.3 Å². The van der Waals surface area contributed by atoms with Crippen LogP contribution in [-0.2, 0) is 0 Å². The van der Waals surface area contributed by atoms with E-state index in [0.717, 1.165) is 14.7 Å². The maximum Gasteiger partial charge on any atom is 0.251 e. The Morgan fingerprint density at radius 1 is 1.47 bits per heavy atom. The van der Waals surface area contributed by atoms with Crippen LogP contribution in [0.25, 0.3) is 0 Å². The van der Waals surface area contributed by atoms with Gasteiger partial charge < -0.3 is 11.1 Å². The maximum absolute atomic E-state index is 11.9. The Kier molecular flexibility index (Phi) is 6.43. The average molecular weight is 369 g/mol. The number of amides is 1. The summed E-state index contributed by atoms with van der Waals surface area (Å²) < 4.78 is 1.09. The predicted molar refractivity (Wildman–Crippen MR) is 81.7 cm³/mol. The Morgan fingerprint density at radius 3 is 2.59 bits per heavy atom. The van der Waals surface area contributed by atoms with E-state index in [2.05, 4.69) is 27.9 Å². The van der Waals surface area contributed by atoms with Crippen LogP contribution in [0.3, 0.4) is 0 Å². The maximum atomic E-state index is 11.9. The lowest BCUT2D eigenvalue weighted by molar-refractivity contribution is 0.0945. The minimum Gasteiger partial charge on any atom is -0.350 e. The van der Waals surface area contributed by atoms with Gasteiger partial charge in [0.25, 0.3) is 5.91 Å². The molecule has 0 fully saturated rings. The monoisotopic (exact) mass is 368 g/mol. The van der Waals surface area contributed by atoms with Gasteiger partial charge in [-0.1, -0.05) is 6.07 Å². The molecule has 5 heteroatoms. The van der Waals surface area contributed by atoms with Crippen LogP contribution in [0.5, 0.6) is 0 Å². The Hall–Kier alpha value is -0.330. The van der Waals surface area contributed by atoms with E-state index in [1.165, 1.54) is 0 Å². The third-order valence-corrected chi connectivity index (χ3v) is 3.39. The van der Waals surface area contributed by atoms with E-state index in [4.69, 9.17) is 5.73 Å². The summed E-state index contributed by atoms with van der Waals surface area (Å²) in [4.78, 5) is 11.9. The summed E-state index contributed by atoms with van der Waals surface area (Å²) in [6.07, 6.45) is 0. The zero-order chi connectivity index (χ0) is 12.3. The van der Waals surface area contributed by atoms with E-state index < -0.39 is 0 Å². The highest BCUT2D eigenvalue weighted by atomic mass is 127. The molecule has 1 aromatic rings. The van der Waals surface area contributed by atoms with Gasteiger partial charge in [-0.3, -0.25) is 4.79 Å². The third-order valence-electron chi connectivity index (χ3n) is 2.22. The summed E-state index contributed by atoms with van der Waals surface area (Å²) in [5.74, 6) is -0.0606. The molecule has 0 spiro atoms. The fourth-order valence-electron chi connectivity index (χ4n) is 1.26. The van der Waals surface area contributed by atoms with Crippen molar-refractivity contribution in [2.75, 3.05) is 6.54 Å². The molecule has 0 radical (unpaired) electrons. The van der Waals surface area contributed by atoms with E-state index in [-0.39, 0.29) is 23.9 Å². The highest BCUT2D eigenvalue weighted by molar-refractivity contribution is 14.1. The van der Waals surface area contributed by atoms with Gasteiger partial charge in [-0.25, -0.2) is 0 Å². The van der Waals surface area contributed by atoms with Crippen molar-refractivity contribution in [3.05, 3.63) is 32.9 Å². The molecule has 3 nitrogen and oxygen atoms in total. The number of benzene rings is 1. The summed E-state index contributed by atoms with van der Waals surface area (Å²) >= 11 is 2.22. The minimum atomic E-state index is -0.383. The molecule has 0 aromatic heterocycles. The first-order valence-corrected chi connectivity index (χ1v) is 6.21. The smallest absolute Gasteiger partial charge is 0.251 e. The highest BCUT2D eigenvalue weighted by Gasteiger charge is 2.15. The van der Waals surface area contributed by atoms with Gasteiger partial charge in [0.1, 0.15) is 0 Å². The molecule has 0 bridgehead atoms. The van der Waals surface area contributed by atoms with E-state index in [1.54, 1.807) is 0 Å². The molecule has 0 aliphatic rings. The first-order valence-electron chi connectivity index (χ1n) is 5.13. The number of nitrogens with one attached hydrogen (secondary N) is 1. The van der Waals surface area contributed by atoms with Gasteiger partial charge in [0.05, 0.1) is 0 Å². The number of hydrogen-bond donors (Lipinski definition) is 2. The first-order chi connectivity index (χ1) is 7.31. The Labute approximate surface area is 122 Å². The van der Waals surface area contributed by atoms with Crippen LogP contribution in [-0.4, -0.2) is 18.0 Å². The summed E-state index contributed by atoms with van der Waals surface area (Å²) in [6, 6.07) is 5.70. The Morgan fingerprint density at radius 2 is 2.06 bits per heavy atom. The molecule has 0 saturated heterocycles. The minimum absolute atomic E-state index is 0. The van der Waals surface area contributed by atoms with Crippen molar-refractivity contribution in [1.29, 1.82) is 0 Å². The van der Waals surface area contributed by atoms with E-state index in [1.807, 2.05) is 39.0 Å². The van der Waals surface area contributed by atoms with E-state index in [9.17, 15) is 4.79 Å². The van der Waals surface area contributed by atoms with Crippen LogP contribution in [0.1, 0.15) is 29.8 Å². The molecule has 1 aromatic carbocycles. The van der Waals surface area contributed by atoms with Crippen LogP contribution >= 0.6 is 35.0 Å². The van der Waals surface area contributed by atoms with Crippen molar-refractivity contribution in [3.63, 3.8) is 0 Å². The molecule has 0 unspecified atom stereocenters. The van der Waals surface area contributed by atoms with Crippen LogP contribution < -0.4 is 11.1 Å². The van der Waals surface area contributed by atoms with Crippen molar-refractivity contribution in [1.82, 2.24) is 5.32 Å². The summed E-state index contributed by atoms with van der Waals surface area (Å²) in [5.41, 5.74) is 7.16. The molecule has 0 atom stereocenters. The highest BCUT2D eigenvalue weighted by Crippen LogP contribution is 2.15. The molecule has 1 amide bonds. The summed E-state index contributed by atoms with van der Waals surface area (Å²) in [6.45, 7) is 6.19. The normalized spacial score (nSPS) is 10.6. The van der Waals surface area contributed by atoms with Gasteiger partial charge in [0.2, 0.25) is 0 Å². The van der Waals surface area contributed by atoms with Gasteiger partial charge >= 0.3 is 0 Å². The number of rotatable bonds is 3. The molecule has 3 N–H and O–H groups in total. The van der Waals surface area contributed by atoms with Crippen LogP contribution in [0.15, 0.2) is 18.2 Å². The average Bonchev–Trinajstić information content (AvgIpc) is 2.17. The molecular formula is C12H18ClIN2O. The van der Waals surface area contributed by atoms with Gasteiger partial charge in [0.15, 0.2) is 0 Å². The van der Waals surface area contributed by atoms with Crippen LogP contribution in [0, 0.1) is 10.5 Å². The topological polar surface area (TPSA) is 55.1 Å². The summed E-state index contributed by atoms with van der Waals surface area (Å²) in [7, 11) is 0. The fraction of sp³-hybridized carbons (Fsp3) is 0.417. The molecular weight excluding hydrogens is 351 g/mol. The van der Waals surface area contributed by atoms with Gasteiger partial charge in [-0.05, 0) is 61.1 Å². The van der Waals surface area contributed by atoms with Crippen molar-refractivity contribution in [3.8, 4) is 0 Å². The molecule has 0 aliphatic heterocycles. The molecule has 0 saturated carbocycles. The second-order valence-corrected chi connectivity index (χ2v) is 5.75. The van der Waals surface area contributed by atoms with Crippen molar-refractivity contribution in [2.24, 2.45) is 5.73 Å². The van der Waals surface area contributed by atoms with Crippen molar-refractivity contribution < 1.29 is 4.79 Å². The largest absolute Gasteiger partial charge is 0.350 e. The number of nitrogens with two attached hydrogens (primary N) is 1. The number of hydrogen-bond acceptors (Lipinski definition) is 2. The third kappa shape index (κ3) is 5.23. The number of carbonyl (C=O) groups excluding carboxylic acids is 1. The lowest BCUT2D eigenvalue weighted by atomic mass is 10.1. The lowest BCUT2D eigenvalue weighted by Crippen LogP contribution is -2.45. The van der Waals surface area contributed by atoms with Gasteiger partial charge in [-0.2, -0.15) is 0 Å². The van der Waals surface area contributed by atoms with Crippen LogP contribution in [0.4, 0.5) is 0 Å². The van der Waals surface area contributed by atoms with E-state index in [0.29, 0.717) is 6.54 Å². The van der Waals surface area contributed by atoms with Gasteiger partial charge in [0, 0.05) is 21.2 Å². The zero-order valence-electron chi connectivity index (χ0n) is 10.2. The Balaban J connectivity index is 0.00000256. The molecule has 1 rings (SSSR count). The molecule has 0 heterocycles. The predicted octanol–water partition coefficient (Wildman–Crippen LogP) is 2.49. The zero-order valence-corrected chi connectivity index (χ0v) is 13.2. The number of halogens is 2.